The van der Waals surface area contributed by atoms with Crippen LogP contribution in [0, 0.1) is 0 Å². The number of thiophene rings is 1. The van der Waals surface area contributed by atoms with Gasteiger partial charge in [-0.3, -0.25) is 0 Å². The highest BCUT2D eigenvalue weighted by Gasteiger charge is 2.12. The van der Waals surface area contributed by atoms with Crippen molar-refractivity contribution in [3.05, 3.63) is 71.2 Å². The lowest BCUT2D eigenvalue weighted by Gasteiger charge is -2.03. The minimum Gasteiger partial charge on any atom is -0.134 e. The zero-order valence-electron chi connectivity index (χ0n) is 11.6. The Morgan fingerprint density at radius 3 is 2.27 bits per heavy atom. The van der Waals surface area contributed by atoms with Crippen LogP contribution in [0.3, 0.4) is 0 Å². The van der Waals surface area contributed by atoms with Gasteiger partial charge in [0.05, 0.1) is 0 Å². The van der Waals surface area contributed by atoms with Crippen LogP contribution in [0.2, 0.25) is 0 Å². The third-order valence-electron chi connectivity index (χ3n) is 4.32. The molecular weight excluding hydrogens is 352 g/mol. The Hall–Kier alpha value is -1.90. The molecule has 4 aromatic carbocycles. The lowest BCUT2D eigenvalue weighted by molar-refractivity contribution is 1.78. The first-order valence-corrected chi connectivity index (χ1v) is 8.85. The molecule has 0 aliphatic heterocycles. The molecule has 2 heteroatoms. The minimum atomic E-state index is 1.17. The lowest BCUT2D eigenvalue weighted by Crippen LogP contribution is -1.76. The number of hydrogen-bond acceptors (Lipinski definition) is 1. The normalized spacial score (nSPS) is 11.9. The quantitative estimate of drug-likeness (QED) is 0.275. The molecule has 104 valence electrons. The van der Waals surface area contributed by atoms with Gasteiger partial charge in [0.15, 0.2) is 0 Å². The first kappa shape index (κ1) is 12.6. The van der Waals surface area contributed by atoms with Crippen molar-refractivity contribution in [3.63, 3.8) is 0 Å². The zero-order valence-corrected chi connectivity index (χ0v) is 14.0. The molecule has 0 fully saturated rings. The van der Waals surface area contributed by atoms with Gasteiger partial charge in [-0.25, -0.2) is 0 Å². The van der Waals surface area contributed by atoms with Gasteiger partial charge in [-0.2, -0.15) is 0 Å². The molecule has 0 radical (unpaired) electrons. The Labute approximate surface area is 140 Å². The highest BCUT2D eigenvalue weighted by molar-refractivity contribution is 9.10. The van der Waals surface area contributed by atoms with E-state index in [0.29, 0.717) is 0 Å². The smallest absolute Gasteiger partial charge is 0.0434 e. The Balaban J connectivity index is 2.12. The van der Waals surface area contributed by atoms with Crippen molar-refractivity contribution >= 4 is 69.0 Å². The summed E-state index contributed by atoms with van der Waals surface area (Å²) in [4.78, 5) is 0. The van der Waals surface area contributed by atoms with Gasteiger partial charge in [-0.1, -0.05) is 76.6 Å². The predicted octanol–water partition coefficient (Wildman–Crippen LogP) is 7.12. The molecule has 5 aromatic rings. The molecule has 0 atom stereocenters. The summed E-state index contributed by atoms with van der Waals surface area (Å²) >= 11 is 5.62. The molecule has 0 saturated heterocycles. The highest BCUT2D eigenvalue weighted by atomic mass is 79.9. The molecule has 1 heterocycles. The van der Waals surface area contributed by atoms with Gasteiger partial charge in [0.25, 0.3) is 0 Å². The summed E-state index contributed by atoms with van der Waals surface area (Å²) in [6.45, 7) is 0. The van der Waals surface area contributed by atoms with Crippen LogP contribution in [0.15, 0.2) is 71.2 Å². The number of fused-ring (bicyclic) bond motifs is 7. The van der Waals surface area contributed by atoms with E-state index in [0.717, 1.165) is 0 Å². The zero-order chi connectivity index (χ0) is 14.7. The summed E-state index contributed by atoms with van der Waals surface area (Å²) in [5, 5.41) is 8.01. The fourth-order valence-electron chi connectivity index (χ4n) is 3.33. The van der Waals surface area contributed by atoms with E-state index in [9.17, 15) is 0 Å². The molecule has 0 N–H and O–H groups in total. The van der Waals surface area contributed by atoms with Crippen LogP contribution < -0.4 is 0 Å². The monoisotopic (exact) mass is 362 g/mol. The van der Waals surface area contributed by atoms with Crippen LogP contribution in [0.4, 0.5) is 0 Å². The summed E-state index contributed by atoms with van der Waals surface area (Å²) in [6, 6.07) is 24.1. The van der Waals surface area contributed by atoms with Gasteiger partial charge < -0.3 is 0 Å². The third kappa shape index (κ3) is 1.62. The molecular formula is C20H11BrS. The minimum absolute atomic E-state index is 1.17. The van der Waals surface area contributed by atoms with Crippen molar-refractivity contribution in [2.24, 2.45) is 0 Å². The van der Waals surface area contributed by atoms with Gasteiger partial charge >= 0.3 is 0 Å². The maximum atomic E-state index is 3.73. The molecule has 0 spiro atoms. The van der Waals surface area contributed by atoms with E-state index in [1.165, 1.54) is 46.2 Å². The van der Waals surface area contributed by atoms with Crippen molar-refractivity contribution < 1.29 is 0 Å². The largest absolute Gasteiger partial charge is 0.134 e. The van der Waals surface area contributed by atoms with E-state index < -0.39 is 0 Å². The molecule has 22 heavy (non-hydrogen) atoms. The number of hydrogen-bond donors (Lipinski definition) is 0. The van der Waals surface area contributed by atoms with E-state index in [4.69, 9.17) is 0 Å². The average molecular weight is 363 g/mol. The SMILES string of the molecule is Brc1cc2sc3c4ccccc4ccc3c2c2ccccc12. The van der Waals surface area contributed by atoms with Gasteiger partial charge in [0.1, 0.15) is 0 Å². The summed E-state index contributed by atoms with van der Waals surface area (Å²) in [6.07, 6.45) is 0. The molecule has 0 saturated carbocycles. The summed E-state index contributed by atoms with van der Waals surface area (Å²) < 4.78 is 3.90. The van der Waals surface area contributed by atoms with Crippen molar-refractivity contribution in [2.45, 2.75) is 0 Å². The maximum Gasteiger partial charge on any atom is 0.0434 e. The molecule has 1 aromatic heterocycles. The summed E-state index contributed by atoms with van der Waals surface area (Å²) in [5.41, 5.74) is 0. The Morgan fingerprint density at radius 1 is 0.682 bits per heavy atom. The lowest BCUT2D eigenvalue weighted by atomic mass is 10.0. The highest BCUT2D eigenvalue weighted by Crippen LogP contribution is 2.43. The number of rotatable bonds is 0. The van der Waals surface area contributed by atoms with Crippen LogP contribution in [0.1, 0.15) is 0 Å². The van der Waals surface area contributed by atoms with E-state index in [1.807, 2.05) is 11.3 Å². The second-order valence-electron chi connectivity index (χ2n) is 5.54. The standard InChI is InChI=1S/C20H11BrS/c21-17-11-18-19(15-8-4-3-7-14(15)17)16-10-9-12-5-1-2-6-13(12)20(16)22-18/h1-11H. The Bertz CT molecular complexity index is 1180. The van der Waals surface area contributed by atoms with E-state index in [-0.39, 0.29) is 0 Å². The number of benzene rings is 4. The second kappa shape index (κ2) is 4.55. The van der Waals surface area contributed by atoms with Crippen LogP contribution in [0.25, 0.3) is 41.7 Å². The van der Waals surface area contributed by atoms with E-state index in [1.54, 1.807) is 0 Å². The van der Waals surface area contributed by atoms with Crippen LogP contribution >= 0.6 is 27.3 Å². The third-order valence-corrected chi connectivity index (χ3v) is 6.16. The van der Waals surface area contributed by atoms with E-state index in [2.05, 4.69) is 82.7 Å². The van der Waals surface area contributed by atoms with Crippen LogP contribution in [-0.2, 0) is 0 Å². The van der Waals surface area contributed by atoms with Crippen molar-refractivity contribution in [2.75, 3.05) is 0 Å². The molecule has 5 rings (SSSR count). The van der Waals surface area contributed by atoms with Crippen LogP contribution in [0.5, 0.6) is 0 Å². The average Bonchev–Trinajstić information content (AvgIpc) is 2.94. The molecule has 0 amide bonds. The van der Waals surface area contributed by atoms with Crippen LogP contribution in [-0.4, -0.2) is 0 Å². The second-order valence-corrected chi connectivity index (χ2v) is 7.45. The number of halogens is 1. The van der Waals surface area contributed by atoms with Gasteiger partial charge in [0, 0.05) is 24.6 Å². The Morgan fingerprint density at radius 2 is 1.41 bits per heavy atom. The maximum absolute atomic E-state index is 3.73. The summed E-state index contributed by atoms with van der Waals surface area (Å²) in [7, 11) is 0. The fraction of sp³-hybridized carbons (Fsp3) is 0. The first-order chi connectivity index (χ1) is 10.8. The molecule has 0 unspecified atom stereocenters. The first-order valence-electron chi connectivity index (χ1n) is 7.24. The summed E-state index contributed by atoms with van der Waals surface area (Å²) in [5.74, 6) is 0. The molecule has 0 aliphatic rings. The van der Waals surface area contributed by atoms with Crippen molar-refractivity contribution in [3.8, 4) is 0 Å². The molecule has 0 nitrogen and oxygen atoms in total. The molecule has 0 bridgehead atoms. The predicted molar refractivity (Wildman–Crippen MR) is 102 cm³/mol. The van der Waals surface area contributed by atoms with Gasteiger partial charge in [0.2, 0.25) is 0 Å². The van der Waals surface area contributed by atoms with E-state index >= 15 is 0 Å². The fourth-order valence-corrected chi connectivity index (χ4v) is 5.35. The Kier molecular flexibility index (Phi) is 2.61. The van der Waals surface area contributed by atoms with Gasteiger partial charge in [-0.15, -0.1) is 11.3 Å². The van der Waals surface area contributed by atoms with Gasteiger partial charge in [-0.05, 0) is 27.6 Å². The van der Waals surface area contributed by atoms with Crippen molar-refractivity contribution in [1.29, 1.82) is 0 Å². The topological polar surface area (TPSA) is 0 Å². The molecule has 0 aliphatic carbocycles. The van der Waals surface area contributed by atoms with Crippen molar-refractivity contribution in [1.82, 2.24) is 0 Å².